The number of nitrogens with two attached hydrogens (primary N) is 1. The Morgan fingerprint density at radius 3 is 2.61 bits per heavy atom. The molecule has 3 N–H and O–H groups in total. The Balaban J connectivity index is 1.68. The van der Waals surface area contributed by atoms with Gasteiger partial charge in [-0.25, -0.2) is 4.39 Å². The molecular formula is C32H43FN7P. The number of para-hydroxylation sites is 1. The molecule has 1 atom stereocenters. The number of amidine groups is 1. The Morgan fingerprint density at radius 1 is 1.27 bits per heavy atom. The molecule has 1 saturated heterocycles. The van der Waals surface area contributed by atoms with Gasteiger partial charge in [-0.2, -0.15) is 0 Å². The summed E-state index contributed by atoms with van der Waals surface area (Å²) in [6.07, 6.45) is 13.3. The van der Waals surface area contributed by atoms with E-state index in [0.29, 0.717) is 35.9 Å². The zero-order chi connectivity index (χ0) is 29.5. The molecule has 218 valence electrons. The van der Waals surface area contributed by atoms with Crippen molar-refractivity contribution in [2.45, 2.75) is 57.5 Å². The molecule has 0 bridgehead atoms. The fourth-order valence-corrected chi connectivity index (χ4v) is 5.71. The molecule has 9 heteroatoms. The fourth-order valence-electron chi connectivity index (χ4n) is 5.39. The van der Waals surface area contributed by atoms with Crippen LogP contribution in [0.2, 0.25) is 0 Å². The van der Waals surface area contributed by atoms with Crippen molar-refractivity contribution in [3.05, 3.63) is 83.7 Å². The molecule has 0 amide bonds. The second-order valence-corrected chi connectivity index (χ2v) is 11.7. The van der Waals surface area contributed by atoms with Gasteiger partial charge in [0.25, 0.3) is 0 Å². The lowest BCUT2D eigenvalue weighted by molar-refractivity contribution is 0.137. The normalized spacial score (nSPS) is 17.3. The largest absolute Gasteiger partial charge is 0.405 e. The van der Waals surface area contributed by atoms with Crippen LogP contribution in [-0.4, -0.2) is 66.1 Å². The molecule has 1 saturated carbocycles. The maximum absolute atomic E-state index is 14.4. The molecule has 1 unspecified atom stereocenters. The molecule has 2 aliphatic rings. The first-order valence-electron chi connectivity index (χ1n) is 14.3. The van der Waals surface area contributed by atoms with Gasteiger partial charge in [0, 0.05) is 49.7 Å². The number of nitrogens with zero attached hydrogens (tertiary/aromatic N) is 5. The molecular weight excluding hydrogens is 532 g/mol. The van der Waals surface area contributed by atoms with Gasteiger partial charge in [0.15, 0.2) is 0 Å². The standard InChI is InChI=1S/C32H43FN7P/c1-21(2)40-15-12-25(13-16-40)39(5)32(30-26(24-9-10-24)19-36-20-28(30)35-4)37-18-23(11-14-34)17-22(3)38-31-27(33)7-6-8-29(31)41/h6-8,11,14,17,19-21,24-25,38H,3-4,9-10,12-13,15-16,18,34,41H2,1-2,5H3/b14-11-,23-17+,37-32?. The van der Waals surface area contributed by atoms with E-state index in [-0.39, 0.29) is 5.82 Å². The van der Waals surface area contributed by atoms with Gasteiger partial charge in [-0.3, -0.25) is 15.0 Å². The predicted octanol–water partition coefficient (Wildman–Crippen LogP) is 5.51. The molecule has 1 aliphatic carbocycles. The second-order valence-electron chi connectivity index (χ2n) is 11.1. The maximum atomic E-state index is 14.4. The number of pyridine rings is 1. The molecule has 0 spiro atoms. The zero-order valence-corrected chi connectivity index (χ0v) is 25.6. The monoisotopic (exact) mass is 575 g/mol. The number of hydrogen-bond acceptors (Lipinski definition) is 6. The van der Waals surface area contributed by atoms with Gasteiger partial charge in [0.1, 0.15) is 11.7 Å². The summed E-state index contributed by atoms with van der Waals surface area (Å²) in [5, 5.41) is 3.81. The molecule has 0 radical (unpaired) electrons. The third-order valence-electron chi connectivity index (χ3n) is 7.89. The van der Waals surface area contributed by atoms with Gasteiger partial charge < -0.3 is 20.9 Å². The SMILES string of the molecule is C=Nc1cncc(C2CC2)c1C(=NCC(/C=C\N)=C/C(=C)Nc1c(F)cccc1P)N(C)C1CCN(C(C)C)CC1. The van der Waals surface area contributed by atoms with Gasteiger partial charge in [0.2, 0.25) is 0 Å². The Labute approximate surface area is 246 Å². The number of allylic oxidation sites excluding steroid dienone is 1. The van der Waals surface area contributed by atoms with Crippen molar-refractivity contribution in [3.8, 4) is 0 Å². The number of likely N-dealkylation sites (tertiary alicyclic amines) is 1. The van der Waals surface area contributed by atoms with Crippen LogP contribution in [0.15, 0.2) is 76.8 Å². The van der Waals surface area contributed by atoms with E-state index in [0.717, 1.165) is 66.7 Å². The van der Waals surface area contributed by atoms with Crippen molar-refractivity contribution >= 4 is 38.5 Å². The number of hydrogen-bond donors (Lipinski definition) is 2. The first kappa shape index (κ1) is 30.6. The summed E-state index contributed by atoms with van der Waals surface area (Å²) < 4.78 is 14.4. The van der Waals surface area contributed by atoms with Crippen LogP contribution in [0.4, 0.5) is 15.8 Å². The summed E-state index contributed by atoms with van der Waals surface area (Å²) in [7, 11) is 4.68. The number of nitrogens with one attached hydrogen (secondary N) is 1. The van der Waals surface area contributed by atoms with Crippen LogP contribution in [0.3, 0.4) is 0 Å². The quantitative estimate of drug-likeness (QED) is 0.160. The minimum atomic E-state index is -0.344. The van der Waals surface area contributed by atoms with Crippen LogP contribution in [-0.2, 0) is 0 Å². The Kier molecular flexibility index (Phi) is 10.5. The summed E-state index contributed by atoms with van der Waals surface area (Å²) in [5.41, 5.74) is 10.5. The third-order valence-corrected chi connectivity index (χ3v) is 8.37. The second kappa shape index (κ2) is 14.0. The van der Waals surface area contributed by atoms with Crippen molar-refractivity contribution in [2.24, 2.45) is 15.7 Å². The highest BCUT2D eigenvalue weighted by Gasteiger charge is 2.33. The third kappa shape index (κ3) is 7.69. The highest BCUT2D eigenvalue weighted by molar-refractivity contribution is 7.28. The molecule has 1 aromatic carbocycles. The summed E-state index contributed by atoms with van der Waals surface area (Å²) in [5.74, 6) is 1.00. The van der Waals surface area contributed by atoms with Crippen molar-refractivity contribution in [1.82, 2.24) is 14.8 Å². The van der Waals surface area contributed by atoms with Crippen molar-refractivity contribution in [1.29, 1.82) is 0 Å². The lowest BCUT2D eigenvalue weighted by Crippen LogP contribution is -2.47. The molecule has 41 heavy (non-hydrogen) atoms. The van der Waals surface area contributed by atoms with Crippen molar-refractivity contribution in [2.75, 3.05) is 32.0 Å². The zero-order valence-electron chi connectivity index (χ0n) is 24.5. The van der Waals surface area contributed by atoms with Gasteiger partial charge in [0.05, 0.1) is 24.1 Å². The minimum Gasteiger partial charge on any atom is -0.405 e. The number of rotatable bonds is 11. The molecule has 4 rings (SSSR count). The van der Waals surface area contributed by atoms with Crippen molar-refractivity contribution in [3.63, 3.8) is 0 Å². The smallest absolute Gasteiger partial charge is 0.147 e. The van der Waals surface area contributed by atoms with E-state index in [1.54, 1.807) is 18.3 Å². The molecule has 2 aromatic rings. The van der Waals surface area contributed by atoms with Crippen LogP contribution in [0.25, 0.3) is 0 Å². The number of aromatic nitrogens is 1. The van der Waals surface area contributed by atoms with Crippen molar-refractivity contribution < 1.29 is 4.39 Å². The summed E-state index contributed by atoms with van der Waals surface area (Å²) in [6, 6.07) is 5.80. The average molecular weight is 576 g/mol. The van der Waals surface area contributed by atoms with Crippen LogP contribution in [0.1, 0.15) is 56.6 Å². The Morgan fingerprint density at radius 2 is 2.00 bits per heavy atom. The van der Waals surface area contributed by atoms with E-state index in [2.05, 4.69) is 68.5 Å². The lowest BCUT2D eigenvalue weighted by Gasteiger charge is -2.40. The van der Waals surface area contributed by atoms with E-state index in [9.17, 15) is 4.39 Å². The van der Waals surface area contributed by atoms with Crippen LogP contribution in [0.5, 0.6) is 0 Å². The first-order chi connectivity index (χ1) is 19.7. The van der Waals surface area contributed by atoms with E-state index >= 15 is 0 Å². The lowest BCUT2D eigenvalue weighted by atomic mass is 9.98. The maximum Gasteiger partial charge on any atom is 0.147 e. The van der Waals surface area contributed by atoms with E-state index < -0.39 is 0 Å². The molecule has 7 nitrogen and oxygen atoms in total. The molecule has 1 aromatic heterocycles. The summed E-state index contributed by atoms with van der Waals surface area (Å²) >= 11 is 0. The average Bonchev–Trinajstić information content (AvgIpc) is 3.81. The molecule has 1 aliphatic heterocycles. The number of aliphatic imine (C=N–C) groups is 2. The van der Waals surface area contributed by atoms with E-state index in [1.807, 2.05) is 18.3 Å². The van der Waals surface area contributed by atoms with Gasteiger partial charge >= 0.3 is 0 Å². The predicted molar refractivity (Wildman–Crippen MR) is 174 cm³/mol. The van der Waals surface area contributed by atoms with Crippen LogP contribution >= 0.6 is 9.24 Å². The summed E-state index contributed by atoms with van der Waals surface area (Å²) in [6.45, 7) is 14.9. The van der Waals surface area contributed by atoms with Crippen LogP contribution < -0.4 is 16.4 Å². The van der Waals surface area contributed by atoms with E-state index in [4.69, 9.17) is 10.7 Å². The van der Waals surface area contributed by atoms with Gasteiger partial charge in [-0.15, -0.1) is 9.24 Å². The Hall–Kier alpha value is -3.35. The minimum absolute atomic E-state index is 0.344. The molecule has 2 heterocycles. The highest BCUT2D eigenvalue weighted by atomic mass is 31.0. The van der Waals surface area contributed by atoms with E-state index in [1.165, 1.54) is 17.8 Å². The first-order valence-corrected chi connectivity index (χ1v) is 14.9. The highest BCUT2D eigenvalue weighted by Crippen LogP contribution is 2.44. The van der Waals surface area contributed by atoms with Gasteiger partial charge in [-0.05, 0) is 93.0 Å². The van der Waals surface area contributed by atoms with Crippen LogP contribution in [0, 0.1) is 5.82 Å². The summed E-state index contributed by atoms with van der Waals surface area (Å²) in [4.78, 5) is 18.9. The number of piperidine rings is 1. The number of halogens is 1. The molecule has 2 fully saturated rings. The number of anilines is 1. The number of benzene rings is 1. The fraction of sp³-hybridized carbons (Fsp3) is 0.406. The Bertz CT molecular complexity index is 1320. The topological polar surface area (TPSA) is 82.1 Å². The van der Waals surface area contributed by atoms with Gasteiger partial charge in [-0.1, -0.05) is 18.7 Å².